The molecule has 1 aliphatic rings. The van der Waals surface area contributed by atoms with Gasteiger partial charge in [0.15, 0.2) is 0 Å². The van der Waals surface area contributed by atoms with Crippen LogP contribution in [0.25, 0.3) is 0 Å². The van der Waals surface area contributed by atoms with Crippen LogP contribution in [0.2, 0.25) is 0 Å². The Morgan fingerprint density at radius 3 is 2.40 bits per heavy atom. The van der Waals surface area contributed by atoms with Crippen LogP contribution >= 0.6 is 11.8 Å². The summed E-state index contributed by atoms with van der Waals surface area (Å²) < 4.78 is 38.0. The second-order valence-electron chi connectivity index (χ2n) is 7.09. The third kappa shape index (κ3) is 6.01. The number of alkyl halides is 3. The van der Waals surface area contributed by atoms with Crippen molar-refractivity contribution in [1.29, 1.82) is 0 Å². The zero-order valence-electron chi connectivity index (χ0n) is 17.3. The van der Waals surface area contributed by atoms with E-state index in [0.29, 0.717) is 10.6 Å². The van der Waals surface area contributed by atoms with Crippen LogP contribution in [0.4, 0.5) is 18.9 Å². The molecule has 0 unspecified atom stereocenters. The Morgan fingerprint density at radius 1 is 1.20 bits per heavy atom. The summed E-state index contributed by atoms with van der Waals surface area (Å²) in [6.07, 6.45) is -0.0751. The number of hydrogen-bond donors (Lipinski definition) is 2. The van der Waals surface area contributed by atoms with Crippen LogP contribution in [0.3, 0.4) is 0 Å². The maximum atomic E-state index is 12.7. The van der Waals surface area contributed by atoms with E-state index in [1.165, 1.54) is 17.7 Å². The van der Waals surface area contributed by atoms with Gasteiger partial charge in [-0.3, -0.25) is 4.79 Å². The van der Waals surface area contributed by atoms with Gasteiger partial charge in [0, 0.05) is 17.0 Å². The van der Waals surface area contributed by atoms with Crippen molar-refractivity contribution in [3.8, 4) is 0 Å². The highest BCUT2D eigenvalue weighted by Gasteiger charge is 2.31. The molecule has 0 atom stereocenters. The van der Waals surface area contributed by atoms with Crippen molar-refractivity contribution in [1.82, 2.24) is 0 Å². The number of halogens is 3. The van der Waals surface area contributed by atoms with Gasteiger partial charge >= 0.3 is 6.18 Å². The fourth-order valence-electron chi connectivity index (χ4n) is 2.72. The molecule has 0 aromatic heterocycles. The molecule has 0 saturated carbocycles. The number of nitrogens with zero attached hydrogens (tertiary/aromatic N) is 1. The Kier molecular flexibility index (Phi) is 7.95. The molecule has 0 fully saturated rings. The minimum Gasteiger partial charge on any atom is -0.397 e. The van der Waals surface area contributed by atoms with Crippen molar-refractivity contribution in [3.63, 3.8) is 0 Å². The lowest BCUT2D eigenvalue weighted by Gasteiger charge is -2.09. The summed E-state index contributed by atoms with van der Waals surface area (Å²) in [5, 5.41) is 3.12. The highest BCUT2D eigenvalue weighted by atomic mass is 32.2. The van der Waals surface area contributed by atoms with Gasteiger partial charge in [0.2, 0.25) is 0 Å². The van der Waals surface area contributed by atoms with Gasteiger partial charge in [0.1, 0.15) is 9.95 Å². The fraction of sp³-hybridized carbons (Fsp3) is 0.364. The number of carbonyl (C=O) groups is 1. The minimum absolute atomic E-state index is 0.222. The van der Waals surface area contributed by atoms with Gasteiger partial charge < -0.3 is 11.1 Å². The van der Waals surface area contributed by atoms with E-state index in [0.717, 1.165) is 55.3 Å². The molecule has 30 heavy (non-hydrogen) atoms. The van der Waals surface area contributed by atoms with Crippen LogP contribution < -0.4 is 11.1 Å². The number of carbonyl (C=O) groups excluding carboxylic acids is 1. The smallest absolute Gasteiger partial charge is 0.397 e. The van der Waals surface area contributed by atoms with E-state index in [1.807, 2.05) is 13.8 Å². The van der Waals surface area contributed by atoms with Gasteiger partial charge in [-0.2, -0.15) is 13.2 Å². The molecule has 8 heteroatoms. The van der Waals surface area contributed by atoms with E-state index in [4.69, 9.17) is 5.73 Å². The molecule has 1 aliphatic heterocycles. The molecule has 0 bridgehead atoms. The van der Waals surface area contributed by atoms with Gasteiger partial charge in [-0.25, -0.2) is 4.99 Å². The monoisotopic (exact) mass is 437 g/mol. The molecule has 0 spiro atoms. The SMILES string of the molecule is C=C1C(=N/C(C)=C(\C)CCCCC)SC(C(=O)Nc2ccc(C(F)(F)F)cc2)=C1N. The normalized spacial score (nSPS) is 16.9. The quantitative estimate of drug-likeness (QED) is 0.486. The second kappa shape index (κ2) is 10.0. The molecule has 2 rings (SSSR count). The number of thioether (sulfide) groups is 1. The number of unbranched alkanes of at least 4 members (excludes halogenated alkanes) is 2. The molecule has 0 aliphatic carbocycles. The summed E-state index contributed by atoms with van der Waals surface area (Å²) in [6, 6.07) is 4.23. The molecule has 1 aromatic rings. The topological polar surface area (TPSA) is 67.5 Å². The van der Waals surface area contributed by atoms with Crippen LogP contribution in [-0.2, 0) is 11.0 Å². The van der Waals surface area contributed by atoms with Crippen LogP contribution in [0.1, 0.15) is 52.0 Å². The van der Waals surface area contributed by atoms with Crippen molar-refractivity contribution in [3.05, 3.63) is 63.9 Å². The average molecular weight is 438 g/mol. The predicted molar refractivity (Wildman–Crippen MR) is 118 cm³/mol. The second-order valence-corrected chi connectivity index (χ2v) is 8.09. The molecule has 1 amide bonds. The molecule has 0 saturated heterocycles. The summed E-state index contributed by atoms with van der Waals surface area (Å²) in [4.78, 5) is 17.4. The van der Waals surface area contributed by atoms with Gasteiger partial charge in [0.05, 0.1) is 11.3 Å². The van der Waals surface area contributed by atoms with Gasteiger partial charge in [-0.05, 0) is 51.0 Å². The Hall–Kier alpha value is -2.48. The number of nitrogens with two attached hydrogens (primary N) is 1. The fourth-order valence-corrected chi connectivity index (χ4v) is 3.71. The number of anilines is 1. The maximum absolute atomic E-state index is 12.7. The summed E-state index contributed by atoms with van der Waals surface area (Å²) in [6.45, 7) is 10.0. The Morgan fingerprint density at radius 2 is 1.83 bits per heavy atom. The summed E-state index contributed by atoms with van der Waals surface area (Å²) in [7, 11) is 0. The van der Waals surface area contributed by atoms with E-state index < -0.39 is 17.6 Å². The van der Waals surface area contributed by atoms with Gasteiger partial charge in [-0.1, -0.05) is 43.7 Å². The van der Waals surface area contributed by atoms with Gasteiger partial charge in [-0.15, -0.1) is 0 Å². The minimum atomic E-state index is -4.43. The maximum Gasteiger partial charge on any atom is 0.416 e. The molecule has 1 heterocycles. The highest BCUT2D eigenvalue weighted by Crippen LogP contribution is 2.36. The zero-order valence-corrected chi connectivity index (χ0v) is 18.1. The van der Waals surface area contributed by atoms with Crippen molar-refractivity contribution < 1.29 is 18.0 Å². The Bertz CT molecular complexity index is 913. The van der Waals surface area contributed by atoms with Crippen LogP contribution in [0, 0.1) is 0 Å². The number of aliphatic imine (C=N–C) groups is 1. The first-order chi connectivity index (χ1) is 14.0. The van der Waals surface area contributed by atoms with Crippen LogP contribution in [-0.4, -0.2) is 11.0 Å². The molecule has 1 aromatic carbocycles. The third-order valence-electron chi connectivity index (χ3n) is 4.75. The summed E-state index contributed by atoms with van der Waals surface area (Å²) >= 11 is 1.11. The van der Waals surface area contributed by atoms with Gasteiger partial charge in [0.25, 0.3) is 5.91 Å². The lowest BCUT2D eigenvalue weighted by atomic mass is 10.1. The van der Waals surface area contributed by atoms with E-state index in [9.17, 15) is 18.0 Å². The van der Waals surface area contributed by atoms with Crippen molar-refractivity contribution in [2.45, 2.75) is 52.6 Å². The number of amides is 1. The first-order valence-electron chi connectivity index (χ1n) is 9.65. The van der Waals surface area contributed by atoms with E-state index >= 15 is 0 Å². The van der Waals surface area contributed by atoms with Crippen molar-refractivity contribution in [2.75, 3.05) is 5.32 Å². The zero-order chi connectivity index (χ0) is 22.5. The molecule has 162 valence electrons. The predicted octanol–water partition coefficient (Wildman–Crippen LogP) is 6.39. The molecule has 0 radical (unpaired) electrons. The molecule has 4 nitrogen and oxygen atoms in total. The third-order valence-corrected chi connectivity index (χ3v) is 5.89. The van der Waals surface area contributed by atoms with Crippen molar-refractivity contribution in [2.24, 2.45) is 10.7 Å². The molecule has 3 N–H and O–H groups in total. The number of allylic oxidation sites excluding steroid dienone is 3. The molecular formula is C22H26F3N3OS. The number of rotatable bonds is 7. The Balaban J connectivity index is 2.11. The standard InChI is InChI=1S/C22H26F3N3OS/c1-5-6-7-8-13(2)15(4)27-21-14(3)18(26)19(30-21)20(29)28-17-11-9-16(10-12-17)22(23,24)25/h9-12H,3,5-8,26H2,1-2,4H3,(H,28,29)/b15-13+,27-21?. The first kappa shape index (κ1) is 23.8. The van der Waals surface area contributed by atoms with Crippen LogP contribution in [0.15, 0.2) is 63.3 Å². The average Bonchev–Trinajstić information content (AvgIpc) is 2.96. The summed E-state index contributed by atoms with van der Waals surface area (Å²) in [5.74, 6) is -0.509. The van der Waals surface area contributed by atoms with E-state index in [1.54, 1.807) is 0 Å². The van der Waals surface area contributed by atoms with E-state index in [-0.39, 0.29) is 16.3 Å². The number of benzene rings is 1. The number of hydrogen-bond acceptors (Lipinski definition) is 4. The molecular weight excluding hydrogens is 411 g/mol. The largest absolute Gasteiger partial charge is 0.416 e. The number of nitrogens with one attached hydrogen (secondary N) is 1. The van der Waals surface area contributed by atoms with E-state index in [2.05, 4.69) is 23.8 Å². The summed E-state index contributed by atoms with van der Waals surface area (Å²) in [5.41, 5.74) is 8.24. The van der Waals surface area contributed by atoms with Crippen LogP contribution in [0.5, 0.6) is 0 Å². The first-order valence-corrected chi connectivity index (χ1v) is 10.5. The van der Waals surface area contributed by atoms with Crippen molar-refractivity contribution >= 4 is 28.4 Å². The lowest BCUT2D eigenvalue weighted by Crippen LogP contribution is -2.15. The Labute approximate surface area is 179 Å². The highest BCUT2D eigenvalue weighted by molar-refractivity contribution is 8.19. The lowest BCUT2D eigenvalue weighted by molar-refractivity contribution is -0.137.